The summed E-state index contributed by atoms with van der Waals surface area (Å²) in [6, 6.07) is 7.32. The molecule has 2 rings (SSSR count). The van der Waals surface area contributed by atoms with Gasteiger partial charge in [-0.2, -0.15) is 8.78 Å². The molecule has 0 fully saturated rings. The molecule has 0 aliphatic rings. The molecule has 6 nitrogen and oxygen atoms in total. The predicted octanol–water partition coefficient (Wildman–Crippen LogP) is 2.98. The van der Waals surface area contributed by atoms with Crippen molar-refractivity contribution in [3.63, 3.8) is 0 Å². The van der Waals surface area contributed by atoms with Crippen molar-refractivity contribution in [3.05, 3.63) is 64.7 Å². The quantitative estimate of drug-likeness (QED) is 0.370. The minimum absolute atomic E-state index is 0.0277. The van der Waals surface area contributed by atoms with Crippen LogP contribution >= 0.6 is 0 Å². The highest BCUT2D eigenvalue weighted by molar-refractivity contribution is 7.89. The van der Waals surface area contributed by atoms with Gasteiger partial charge in [0.1, 0.15) is 17.4 Å². The van der Waals surface area contributed by atoms with Gasteiger partial charge in [-0.1, -0.05) is 12.1 Å². The summed E-state index contributed by atoms with van der Waals surface area (Å²) in [6.07, 6.45) is 1.07. The highest BCUT2D eigenvalue weighted by Crippen LogP contribution is 2.23. The number of halogens is 4. The molecule has 2 N–H and O–H groups in total. The van der Waals surface area contributed by atoms with Crippen LogP contribution in [0.4, 0.5) is 17.6 Å². The lowest BCUT2D eigenvalue weighted by Crippen LogP contribution is -2.37. The molecule has 0 atom stereocenters. The number of aliphatic imine (C=N–C) groups is 1. The van der Waals surface area contributed by atoms with E-state index in [-0.39, 0.29) is 36.1 Å². The number of benzene rings is 2. The lowest BCUT2D eigenvalue weighted by Gasteiger charge is -2.16. The van der Waals surface area contributed by atoms with Crippen LogP contribution in [0.5, 0.6) is 5.75 Å². The van der Waals surface area contributed by atoms with Gasteiger partial charge in [0.05, 0.1) is 5.75 Å². The average molecular weight is 447 g/mol. The van der Waals surface area contributed by atoms with Gasteiger partial charge in [-0.25, -0.2) is 17.2 Å². The van der Waals surface area contributed by atoms with Crippen molar-refractivity contribution in [1.29, 1.82) is 0 Å². The van der Waals surface area contributed by atoms with Crippen LogP contribution in [0, 0.1) is 11.6 Å². The van der Waals surface area contributed by atoms with Gasteiger partial charge in [-0.05, 0) is 35.4 Å². The first kappa shape index (κ1) is 23.5. The van der Waals surface area contributed by atoms with Gasteiger partial charge in [0, 0.05) is 32.0 Å². The van der Waals surface area contributed by atoms with Crippen molar-refractivity contribution in [2.45, 2.75) is 25.5 Å². The molecule has 0 aromatic heterocycles. The molecule has 0 saturated carbocycles. The first-order valence-electron chi connectivity index (χ1n) is 8.71. The van der Waals surface area contributed by atoms with E-state index in [9.17, 15) is 26.0 Å². The summed E-state index contributed by atoms with van der Waals surface area (Å²) >= 11 is 0. The molecule has 0 radical (unpaired) electrons. The minimum Gasteiger partial charge on any atom is -0.434 e. The number of guanidine groups is 1. The molecule has 0 heterocycles. The Kier molecular flexibility index (Phi) is 8.04. The lowest BCUT2D eigenvalue weighted by molar-refractivity contribution is -0.0506. The third-order valence-corrected chi connectivity index (χ3v) is 4.82. The van der Waals surface area contributed by atoms with Crippen LogP contribution in [0.15, 0.2) is 41.4 Å². The zero-order valence-electron chi connectivity index (χ0n) is 16.3. The Morgan fingerprint density at radius 2 is 1.80 bits per heavy atom. The third-order valence-electron chi connectivity index (χ3n) is 3.98. The van der Waals surface area contributed by atoms with Crippen LogP contribution in [0.3, 0.4) is 0 Å². The molecule has 2 aromatic rings. The first-order valence-corrected chi connectivity index (χ1v) is 10.8. The topological polar surface area (TPSA) is 79.8 Å². The maximum Gasteiger partial charge on any atom is 0.387 e. The largest absolute Gasteiger partial charge is 0.434 e. The Bertz CT molecular complexity index is 1010. The Morgan fingerprint density at radius 1 is 1.10 bits per heavy atom. The number of hydrogen-bond donors (Lipinski definition) is 2. The van der Waals surface area contributed by atoms with Gasteiger partial charge in [-0.3, -0.25) is 4.99 Å². The maximum absolute atomic E-state index is 14.0. The van der Waals surface area contributed by atoms with Crippen molar-refractivity contribution in [2.24, 2.45) is 4.99 Å². The van der Waals surface area contributed by atoms with E-state index >= 15 is 0 Å². The second-order valence-corrected chi connectivity index (χ2v) is 8.50. The molecule has 30 heavy (non-hydrogen) atoms. The van der Waals surface area contributed by atoms with E-state index in [0.717, 1.165) is 12.3 Å². The second kappa shape index (κ2) is 10.3. The van der Waals surface area contributed by atoms with Crippen molar-refractivity contribution in [3.8, 4) is 5.75 Å². The minimum atomic E-state index is -3.34. The highest BCUT2D eigenvalue weighted by Gasteiger charge is 2.15. The van der Waals surface area contributed by atoms with Gasteiger partial charge < -0.3 is 15.4 Å². The van der Waals surface area contributed by atoms with Gasteiger partial charge in [0.25, 0.3) is 0 Å². The maximum atomic E-state index is 14.0. The summed E-state index contributed by atoms with van der Waals surface area (Å²) in [7, 11) is -1.91. The number of nitrogens with one attached hydrogen (secondary N) is 2. The van der Waals surface area contributed by atoms with Crippen molar-refractivity contribution in [1.82, 2.24) is 10.6 Å². The SMILES string of the molecule is CN=C(NCc1cc(F)ccc1CS(C)(=O)=O)NCc1c(F)cccc1OC(F)F. The summed E-state index contributed by atoms with van der Waals surface area (Å²) in [5.74, 6) is -1.69. The van der Waals surface area contributed by atoms with Crippen LogP contribution in [-0.4, -0.2) is 34.3 Å². The molecule has 0 saturated heterocycles. The third kappa shape index (κ3) is 7.21. The zero-order valence-corrected chi connectivity index (χ0v) is 17.1. The Morgan fingerprint density at radius 3 is 2.43 bits per heavy atom. The lowest BCUT2D eigenvalue weighted by atomic mass is 10.1. The van der Waals surface area contributed by atoms with E-state index in [1.807, 2.05) is 0 Å². The van der Waals surface area contributed by atoms with Gasteiger partial charge >= 0.3 is 6.61 Å². The fourth-order valence-corrected chi connectivity index (χ4v) is 3.52. The van der Waals surface area contributed by atoms with Gasteiger partial charge in [0.2, 0.25) is 0 Å². The normalized spacial score (nSPS) is 12.2. The molecular formula is C19H21F4N3O3S. The summed E-state index contributed by atoms with van der Waals surface area (Å²) in [5.41, 5.74) is 0.698. The Labute approximate surface area is 171 Å². The summed E-state index contributed by atoms with van der Waals surface area (Å²) in [6.45, 7) is -3.29. The van der Waals surface area contributed by atoms with E-state index in [1.165, 1.54) is 37.4 Å². The number of nitrogens with zero attached hydrogens (tertiary/aromatic N) is 1. The molecule has 11 heteroatoms. The smallest absolute Gasteiger partial charge is 0.387 e. The molecule has 0 aliphatic heterocycles. The number of alkyl halides is 2. The molecule has 0 bridgehead atoms. The summed E-state index contributed by atoms with van der Waals surface area (Å²) in [4.78, 5) is 3.94. The molecule has 0 unspecified atom stereocenters. The zero-order chi connectivity index (χ0) is 22.3. The number of ether oxygens (including phenoxy) is 1. The molecule has 0 amide bonds. The summed E-state index contributed by atoms with van der Waals surface area (Å²) < 4.78 is 80.2. The van der Waals surface area contributed by atoms with Crippen LogP contribution < -0.4 is 15.4 Å². The van der Waals surface area contributed by atoms with E-state index in [2.05, 4.69) is 20.4 Å². The Balaban J connectivity index is 2.10. The van der Waals surface area contributed by atoms with E-state index in [4.69, 9.17) is 0 Å². The van der Waals surface area contributed by atoms with Gasteiger partial charge in [0.15, 0.2) is 15.8 Å². The van der Waals surface area contributed by atoms with Crippen LogP contribution in [0.1, 0.15) is 16.7 Å². The molecule has 0 spiro atoms. The van der Waals surface area contributed by atoms with Crippen molar-refractivity contribution in [2.75, 3.05) is 13.3 Å². The van der Waals surface area contributed by atoms with Crippen LogP contribution in [0.2, 0.25) is 0 Å². The fourth-order valence-electron chi connectivity index (χ4n) is 2.67. The number of sulfone groups is 1. The number of rotatable bonds is 8. The van der Waals surface area contributed by atoms with E-state index in [1.54, 1.807) is 0 Å². The van der Waals surface area contributed by atoms with Gasteiger partial charge in [-0.15, -0.1) is 0 Å². The Hall–Kier alpha value is -2.82. The van der Waals surface area contributed by atoms with E-state index < -0.39 is 28.1 Å². The fraction of sp³-hybridized carbons (Fsp3) is 0.316. The monoisotopic (exact) mass is 447 g/mol. The summed E-state index contributed by atoms with van der Waals surface area (Å²) in [5, 5.41) is 5.61. The van der Waals surface area contributed by atoms with Crippen LogP contribution in [0.25, 0.3) is 0 Å². The predicted molar refractivity (Wildman–Crippen MR) is 105 cm³/mol. The first-order chi connectivity index (χ1) is 14.1. The van der Waals surface area contributed by atoms with Crippen LogP contribution in [-0.2, 0) is 28.7 Å². The molecule has 0 aliphatic carbocycles. The highest BCUT2D eigenvalue weighted by atomic mass is 32.2. The average Bonchev–Trinajstić information content (AvgIpc) is 2.64. The van der Waals surface area contributed by atoms with Crippen molar-refractivity contribution >= 4 is 15.8 Å². The second-order valence-electron chi connectivity index (χ2n) is 6.36. The van der Waals surface area contributed by atoms with E-state index in [0.29, 0.717) is 11.1 Å². The molecular weight excluding hydrogens is 426 g/mol. The molecule has 164 valence electrons. The standard InChI is InChI=1S/C19H21F4N3O3S/c1-24-19(26-10-15-16(21)4-3-5-17(15)29-18(22)23)25-9-13-8-14(20)7-6-12(13)11-30(2,27)28/h3-8,18H,9-11H2,1-2H3,(H2,24,25,26). The number of hydrogen-bond acceptors (Lipinski definition) is 4. The molecule has 2 aromatic carbocycles. The van der Waals surface area contributed by atoms with Crippen molar-refractivity contribution < 1.29 is 30.7 Å².